The third-order valence-corrected chi connectivity index (χ3v) is 4.44. The predicted octanol–water partition coefficient (Wildman–Crippen LogP) is 5.43. The van der Waals surface area contributed by atoms with Crippen molar-refractivity contribution in [3.05, 3.63) is 77.0 Å². The minimum atomic E-state index is -1.03. The summed E-state index contributed by atoms with van der Waals surface area (Å²) in [5.41, 5.74) is 4.01. The van der Waals surface area contributed by atoms with E-state index >= 15 is 0 Å². The van der Waals surface area contributed by atoms with Crippen LogP contribution in [0.2, 0.25) is 0 Å². The van der Waals surface area contributed by atoms with Gasteiger partial charge in [-0.3, -0.25) is 0 Å². The summed E-state index contributed by atoms with van der Waals surface area (Å²) in [6.45, 7) is 7.92. The third-order valence-electron chi connectivity index (χ3n) is 4.44. The predicted molar refractivity (Wildman–Crippen MR) is 113 cm³/mol. The highest BCUT2D eigenvalue weighted by atomic mass is 16.5. The molecular formula is C24H25NO4. The van der Waals surface area contributed by atoms with E-state index < -0.39 is 5.97 Å². The fraction of sp³-hybridized carbons (Fsp3) is 0.250. The van der Waals surface area contributed by atoms with Crippen molar-refractivity contribution in [1.29, 1.82) is 0 Å². The minimum absolute atomic E-state index is 0.0153. The number of carbonyl (C=O) groups is 1. The number of nitrogens with zero attached hydrogens (tertiary/aromatic N) is 1. The summed E-state index contributed by atoms with van der Waals surface area (Å²) in [5, 5.41) is 9.58. The highest BCUT2D eigenvalue weighted by molar-refractivity contribution is 5.89. The summed E-state index contributed by atoms with van der Waals surface area (Å²) in [5.74, 6) is 0.395. The summed E-state index contributed by atoms with van der Waals surface area (Å²) in [4.78, 5) is 16.3. The molecule has 0 radical (unpaired) electrons. The fourth-order valence-corrected chi connectivity index (χ4v) is 3.00. The number of aryl methyl sites for hydroxylation is 2. The molecule has 1 N–H and O–H groups in total. The zero-order valence-corrected chi connectivity index (χ0v) is 17.1. The van der Waals surface area contributed by atoms with Crippen molar-refractivity contribution < 1.29 is 19.4 Å². The Bertz CT molecular complexity index is 1030. The number of carboxylic acids is 1. The van der Waals surface area contributed by atoms with Crippen molar-refractivity contribution in [2.24, 2.45) is 0 Å². The zero-order chi connectivity index (χ0) is 21.0. The van der Waals surface area contributed by atoms with E-state index in [4.69, 9.17) is 9.47 Å². The van der Waals surface area contributed by atoms with Crippen LogP contribution in [-0.4, -0.2) is 22.2 Å². The molecule has 2 aromatic carbocycles. The molecule has 150 valence electrons. The Kier molecular flexibility index (Phi) is 6.17. The maximum atomic E-state index is 11.7. The molecule has 5 nitrogen and oxygen atoms in total. The van der Waals surface area contributed by atoms with Gasteiger partial charge in [-0.05, 0) is 69.2 Å². The molecule has 3 rings (SSSR count). The van der Waals surface area contributed by atoms with Crippen molar-refractivity contribution in [2.75, 3.05) is 0 Å². The highest BCUT2D eigenvalue weighted by Crippen LogP contribution is 2.30. The lowest BCUT2D eigenvalue weighted by molar-refractivity contribution is 0.0693. The summed E-state index contributed by atoms with van der Waals surface area (Å²) in [6, 6.07) is 16.8. The van der Waals surface area contributed by atoms with Gasteiger partial charge in [0, 0.05) is 5.56 Å². The van der Waals surface area contributed by atoms with E-state index in [1.54, 1.807) is 12.1 Å². The molecule has 0 saturated heterocycles. The Morgan fingerprint density at radius 2 is 1.79 bits per heavy atom. The second-order valence-corrected chi connectivity index (χ2v) is 7.22. The van der Waals surface area contributed by atoms with Crippen LogP contribution in [0, 0.1) is 13.8 Å². The van der Waals surface area contributed by atoms with Crippen LogP contribution >= 0.6 is 0 Å². The average molecular weight is 391 g/mol. The van der Waals surface area contributed by atoms with E-state index in [1.807, 2.05) is 70.2 Å². The molecule has 0 fully saturated rings. The normalized spacial score (nSPS) is 10.8. The van der Waals surface area contributed by atoms with Crippen LogP contribution < -0.4 is 9.47 Å². The van der Waals surface area contributed by atoms with Crippen molar-refractivity contribution in [3.63, 3.8) is 0 Å². The van der Waals surface area contributed by atoms with Crippen LogP contribution in [-0.2, 0) is 6.61 Å². The molecule has 0 unspecified atom stereocenters. The lowest BCUT2D eigenvalue weighted by Crippen LogP contribution is -2.10. The maximum Gasteiger partial charge on any atom is 0.337 e. The highest BCUT2D eigenvalue weighted by Gasteiger charge is 2.16. The van der Waals surface area contributed by atoms with Crippen LogP contribution in [0.4, 0.5) is 0 Å². The number of carboxylic acid groups (broad SMARTS) is 1. The maximum absolute atomic E-state index is 11.7. The molecule has 3 aromatic rings. The molecule has 0 aliphatic carbocycles. The number of hydrogen-bond acceptors (Lipinski definition) is 4. The first-order valence-electron chi connectivity index (χ1n) is 9.54. The quantitative estimate of drug-likeness (QED) is 0.582. The number of rotatable bonds is 7. The third kappa shape index (κ3) is 4.93. The van der Waals surface area contributed by atoms with E-state index in [9.17, 15) is 9.90 Å². The minimum Gasteiger partial charge on any atom is -0.490 e. The summed E-state index contributed by atoms with van der Waals surface area (Å²) in [7, 11) is 0. The number of ether oxygens (including phenoxy) is 2. The first-order chi connectivity index (χ1) is 13.8. The largest absolute Gasteiger partial charge is 0.490 e. The Labute approximate surface area is 171 Å². The van der Waals surface area contributed by atoms with Crippen molar-refractivity contribution in [1.82, 2.24) is 4.98 Å². The number of para-hydroxylation sites is 1. The van der Waals surface area contributed by atoms with E-state index in [-0.39, 0.29) is 18.3 Å². The molecule has 0 aliphatic rings. The van der Waals surface area contributed by atoms with Crippen molar-refractivity contribution in [2.45, 2.75) is 40.4 Å². The SMILES string of the molecule is Cc1ccc(C)c(OCc2nc(-c3ccccc3OC(C)C)ccc2C(=O)O)c1. The number of pyridine rings is 1. The number of aromatic nitrogens is 1. The molecular weight excluding hydrogens is 366 g/mol. The molecule has 5 heteroatoms. The van der Waals surface area contributed by atoms with E-state index in [1.165, 1.54) is 0 Å². The Morgan fingerprint density at radius 3 is 2.52 bits per heavy atom. The first kappa shape index (κ1) is 20.4. The van der Waals surface area contributed by atoms with Gasteiger partial charge in [0.25, 0.3) is 0 Å². The van der Waals surface area contributed by atoms with Gasteiger partial charge in [0.05, 0.1) is 23.1 Å². The molecule has 0 atom stereocenters. The lowest BCUT2D eigenvalue weighted by Gasteiger charge is -2.15. The van der Waals surface area contributed by atoms with Gasteiger partial charge in [0.1, 0.15) is 18.1 Å². The first-order valence-corrected chi connectivity index (χ1v) is 9.54. The van der Waals surface area contributed by atoms with Gasteiger partial charge in [-0.1, -0.05) is 24.3 Å². The van der Waals surface area contributed by atoms with Crippen LogP contribution in [0.15, 0.2) is 54.6 Å². The standard InChI is InChI=1S/C24H25NO4/c1-15(2)29-22-8-6-5-7-18(22)20-12-11-19(24(26)27)21(25-20)14-28-23-13-16(3)9-10-17(23)4/h5-13,15H,14H2,1-4H3,(H,26,27). The van der Waals surface area contributed by atoms with Crippen LogP contribution in [0.25, 0.3) is 11.3 Å². The van der Waals surface area contributed by atoms with Gasteiger partial charge < -0.3 is 14.6 Å². The average Bonchev–Trinajstić information content (AvgIpc) is 2.68. The van der Waals surface area contributed by atoms with Crippen molar-refractivity contribution >= 4 is 5.97 Å². The van der Waals surface area contributed by atoms with E-state index in [0.717, 1.165) is 22.4 Å². The zero-order valence-electron chi connectivity index (χ0n) is 17.1. The van der Waals surface area contributed by atoms with Gasteiger partial charge >= 0.3 is 5.97 Å². The summed E-state index contributed by atoms with van der Waals surface area (Å²) in [6.07, 6.45) is 0.0153. The Balaban J connectivity index is 1.97. The molecule has 0 saturated carbocycles. The Morgan fingerprint density at radius 1 is 1.03 bits per heavy atom. The van der Waals surface area contributed by atoms with Gasteiger partial charge in [-0.15, -0.1) is 0 Å². The second kappa shape index (κ2) is 8.78. The molecule has 0 amide bonds. The van der Waals surface area contributed by atoms with Gasteiger partial charge in [0.2, 0.25) is 0 Å². The molecule has 29 heavy (non-hydrogen) atoms. The topological polar surface area (TPSA) is 68.7 Å². The molecule has 0 spiro atoms. The second-order valence-electron chi connectivity index (χ2n) is 7.22. The lowest BCUT2D eigenvalue weighted by atomic mass is 10.1. The van der Waals surface area contributed by atoms with Crippen LogP contribution in [0.5, 0.6) is 11.5 Å². The number of aromatic carboxylic acids is 1. The smallest absolute Gasteiger partial charge is 0.337 e. The fourth-order valence-electron chi connectivity index (χ4n) is 3.00. The van der Waals surface area contributed by atoms with Crippen LogP contribution in [0.1, 0.15) is 41.0 Å². The molecule has 0 bridgehead atoms. The number of hydrogen-bond donors (Lipinski definition) is 1. The molecule has 1 aromatic heterocycles. The number of benzene rings is 2. The van der Waals surface area contributed by atoms with Crippen LogP contribution in [0.3, 0.4) is 0 Å². The Hall–Kier alpha value is -3.34. The van der Waals surface area contributed by atoms with Gasteiger partial charge in [-0.25, -0.2) is 9.78 Å². The van der Waals surface area contributed by atoms with E-state index in [2.05, 4.69) is 4.98 Å². The van der Waals surface area contributed by atoms with Crippen molar-refractivity contribution in [3.8, 4) is 22.8 Å². The van der Waals surface area contributed by atoms with Gasteiger partial charge in [-0.2, -0.15) is 0 Å². The van der Waals surface area contributed by atoms with E-state index in [0.29, 0.717) is 17.1 Å². The summed E-state index contributed by atoms with van der Waals surface area (Å²) < 4.78 is 11.8. The monoisotopic (exact) mass is 391 g/mol. The molecule has 0 aliphatic heterocycles. The molecule has 1 heterocycles. The summed E-state index contributed by atoms with van der Waals surface area (Å²) >= 11 is 0. The van der Waals surface area contributed by atoms with Gasteiger partial charge in [0.15, 0.2) is 0 Å².